The van der Waals surface area contributed by atoms with Gasteiger partial charge in [0.05, 0.1) is 0 Å². The molecule has 0 aliphatic rings. The van der Waals surface area contributed by atoms with Gasteiger partial charge in [-0.25, -0.2) is 4.57 Å². The van der Waals surface area contributed by atoms with E-state index in [-0.39, 0.29) is 0 Å². The predicted molar refractivity (Wildman–Crippen MR) is 39.3 cm³/mol. The fraction of sp³-hybridized carbons (Fsp3) is 1.00. The van der Waals surface area contributed by atoms with Crippen molar-refractivity contribution in [3.05, 3.63) is 0 Å². The zero-order valence-electron chi connectivity index (χ0n) is 6.41. The van der Waals surface area contributed by atoms with Crippen molar-refractivity contribution < 1.29 is 33.2 Å². The monoisotopic (exact) mass is 220 g/mol. The molecule has 0 saturated heterocycles. The zero-order chi connectivity index (χ0) is 10.2. The first-order valence-electron chi connectivity index (χ1n) is 2.78. The molecule has 0 unspecified atom stereocenters. The second-order valence-corrected chi connectivity index (χ2v) is 5.90. The van der Waals surface area contributed by atoms with Crippen LogP contribution < -0.4 is 0 Å². The van der Waals surface area contributed by atoms with Gasteiger partial charge in [0.2, 0.25) is 0 Å². The van der Waals surface area contributed by atoms with Crippen molar-refractivity contribution in [2.45, 2.75) is 19.2 Å². The molecule has 0 aromatic heterocycles. The van der Waals surface area contributed by atoms with E-state index in [1.165, 1.54) is 0 Å². The molecule has 0 aromatic rings. The SMILES string of the molecule is CC(C)(OP(=O)(O)O)P(=O)(O)O. The Morgan fingerprint density at radius 1 is 1.08 bits per heavy atom. The Bertz CT molecular complexity index is 245. The highest BCUT2D eigenvalue weighted by Crippen LogP contribution is 2.57. The van der Waals surface area contributed by atoms with Crippen molar-refractivity contribution in [2.75, 3.05) is 0 Å². The number of rotatable bonds is 3. The third-order valence-electron chi connectivity index (χ3n) is 1.04. The van der Waals surface area contributed by atoms with Crippen molar-refractivity contribution >= 4 is 15.4 Å². The molecule has 74 valence electrons. The summed E-state index contributed by atoms with van der Waals surface area (Å²) < 4.78 is 24.7. The molecule has 7 nitrogen and oxygen atoms in total. The van der Waals surface area contributed by atoms with Gasteiger partial charge >= 0.3 is 15.4 Å². The van der Waals surface area contributed by atoms with Gasteiger partial charge in [-0.05, 0) is 13.8 Å². The summed E-state index contributed by atoms with van der Waals surface area (Å²) >= 11 is 0. The molecule has 0 bridgehead atoms. The van der Waals surface area contributed by atoms with E-state index in [9.17, 15) is 9.13 Å². The number of hydrogen-bond acceptors (Lipinski definition) is 3. The molecule has 0 atom stereocenters. The van der Waals surface area contributed by atoms with E-state index in [0.717, 1.165) is 13.8 Å². The molecule has 0 aliphatic carbocycles. The van der Waals surface area contributed by atoms with Crippen LogP contribution >= 0.6 is 15.4 Å². The molecular formula is C3H10O7P2. The van der Waals surface area contributed by atoms with Crippen LogP contribution in [0.3, 0.4) is 0 Å². The van der Waals surface area contributed by atoms with Crippen LogP contribution in [0, 0.1) is 0 Å². The van der Waals surface area contributed by atoms with Gasteiger partial charge in [0.25, 0.3) is 0 Å². The van der Waals surface area contributed by atoms with Crippen molar-refractivity contribution in [3.8, 4) is 0 Å². The minimum atomic E-state index is -4.88. The van der Waals surface area contributed by atoms with Crippen molar-refractivity contribution in [3.63, 3.8) is 0 Å². The van der Waals surface area contributed by atoms with Crippen LogP contribution in [0.1, 0.15) is 13.8 Å². The molecule has 0 fully saturated rings. The Kier molecular flexibility index (Phi) is 3.26. The van der Waals surface area contributed by atoms with E-state index in [2.05, 4.69) is 4.52 Å². The smallest absolute Gasteiger partial charge is 0.322 e. The maximum absolute atomic E-state index is 10.6. The first-order valence-corrected chi connectivity index (χ1v) is 5.92. The van der Waals surface area contributed by atoms with E-state index >= 15 is 0 Å². The van der Waals surface area contributed by atoms with Crippen LogP contribution in [-0.2, 0) is 13.7 Å². The topological polar surface area (TPSA) is 124 Å². The molecule has 0 aliphatic heterocycles. The first-order chi connectivity index (χ1) is 4.96. The quantitative estimate of drug-likeness (QED) is 0.493. The standard InChI is InChI=1S/C3H10O7P2/c1-3(2,11(4,5)6)10-12(7,8)9/h1-2H3,(H2,4,5,6)(H2,7,8,9). The highest BCUT2D eigenvalue weighted by atomic mass is 31.2. The maximum atomic E-state index is 10.6. The first kappa shape index (κ1) is 12.3. The summed E-state index contributed by atoms with van der Waals surface area (Å²) in [5.74, 6) is 0. The van der Waals surface area contributed by atoms with Crippen LogP contribution in [0.15, 0.2) is 0 Å². The molecule has 0 saturated carbocycles. The number of hydrogen-bond donors (Lipinski definition) is 4. The van der Waals surface area contributed by atoms with Gasteiger partial charge in [-0.3, -0.25) is 9.09 Å². The van der Waals surface area contributed by atoms with Gasteiger partial charge < -0.3 is 19.6 Å². The highest BCUT2D eigenvalue weighted by Gasteiger charge is 2.43. The Hall–Kier alpha value is 0.260. The van der Waals surface area contributed by atoms with Gasteiger partial charge in [0.15, 0.2) is 5.34 Å². The molecule has 9 heteroatoms. The molecule has 0 rings (SSSR count). The summed E-state index contributed by atoms with van der Waals surface area (Å²) in [4.78, 5) is 33.6. The predicted octanol–water partition coefficient (Wildman–Crippen LogP) is 0.00950. The summed E-state index contributed by atoms with van der Waals surface area (Å²) in [7, 11) is -9.56. The van der Waals surface area contributed by atoms with E-state index in [4.69, 9.17) is 19.6 Å². The van der Waals surface area contributed by atoms with Gasteiger partial charge in [0, 0.05) is 0 Å². The number of phosphoric ester groups is 1. The minimum absolute atomic E-state index is 0.896. The highest BCUT2D eigenvalue weighted by molar-refractivity contribution is 7.54. The van der Waals surface area contributed by atoms with Crippen molar-refractivity contribution in [1.29, 1.82) is 0 Å². The Morgan fingerprint density at radius 3 is 1.50 bits per heavy atom. The molecule has 0 radical (unpaired) electrons. The summed E-state index contributed by atoms with van der Waals surface area (Å²) in [6.07, 6.45) is 0. The normalized spacial score (nSPS) is 14.8. The Morgan fingerprint density at radius 2 is 1.42 bits per heavy atom. The Balaban J connectivity index is 4.68. The van der Waals surface area contributed by atoms with E-state index in [1.807, 2.05) is 0 Å². The molecule has 0 heterocycles. The lowest BCUT2D eigenvalue weighted by Gasteiger charge is -2.25. The lowest BCUT2D eigenvalue weighted by atomic mass is 10.5. The summed E-state index contributed by atoms with van der Waals surface area (Å²) in [5.41, 5.74) is 0. The van der Waals surface area contributed by atoms with Crippen molar-refractivity contribution in [2.24, 2.45) is 0 Å². The second-order valence-electron chi connectivity index (χ2n) is 2.57. The number of phosphoric acid groups is 1. The largest absolute Gasteiger partial charge is 0.470 e. The van der Waals surface area contributed by atoms with Crippen molar-refractivity contribution in [1.82, 2.24) is 0 Å². The van der Waals surface area contributed by atoms with Crippen LogP contribution in [0.2, 0.25) is 0 Å². The average Bonchev–Trinajstić information content (AvgIpc) is 1.52. The van der Waals surface area contributed by atoms with E-state index in [0.29, 0.717) is 0 Å². The van der Waals surface area contributed by atoms with Gasteiger partial charge in [-0.1, -0.05) is 0 Å². The van der Waals surface area contributed by atoms with Gasteiger partial charge in [0.1, 0.15) is 0 Å². The third kappa shape index (κ3) is 3.78. The third-order valence-corrected chi connectivity index (χ3v) is 3.38. The molecule has 4 N–H and O–H groups in total. The molecule has 0 amide bonds. The molecule has 0 spiro atoms. The van der Waals surface area contributed by atoms with Gasteiger partial charge in [-0.2, -0.15) is 0 Å². The van der Waals surface area contributed by atoms with Crippen LogP contribution in [-0.4, -0.2) is 24.9 Å². The van der Waals surface area contributed by atoms with E-state index < -0.39 is 20.8 Å². The molecule has 0 aromatic carbocycles. The second kappa shape index (κ2) is 3.20. The zero-order valence-corrected chi connectivity index (χ0v) is 8.20. The van der Waals surface area contributed by atoms with Crippen LogP contribution in [0.25, 0.3) is 0 Å². The Labute approximate surface area is 68.8 Å². The summed E-state index contributed by atoms with van der Waals surface area (Å²) in [6, 6.07) is 0. The molecule has 12 heavy (non-hydrogen) atoms. The lowest BCUT2D eigenvalue weighted by Crippen LogP contribution is -2.22. The summed E-state index contributed by atoms with van der Waals surface area (Å²) in [6.45, 7) is 1.79. The maximum Gasteiger partial charge on any atom is 0.470 e. The fourth-order valence-electron chi connectivity index (χ4n) is 0.344. The summed E-state index contributed by atoms with van der Waals surface area (Å²) in [5, 5.41) is -2.17. The van der Waals surface area contributed by atoms with Crippen LogP contribution in [0.5, 0.6) is 0 Å². The fourth-order valence-corrected chi connectivity index (χ4v) is 1.67. The van der Waals surface area contributed by atoms with Crippen LogP contribution in [0.4, 0.5) is 0 Å². The molecular weight excluding hydrogens is 210 g/mol. The minimum Gasteiger partial charge on any atom is -0.322 e. The lowest BCUT2D eigenvalue weighted by molar-refractivity contribution is 0.101. The van der Waals surface area contributed by atoms with Gasteiger partial charge in [-0.15, -0.1) is 0 Å². The average molecular weight is 220 g/mol. The van der Waals surface area contributed by atoms with E-state index in [1.54, 1.807) is 0 Å².